The van der Waals surface area contributed by atoms with Gasteiger partial charge in [0, 0.05) is 12.5 Å². The van der Waals surface area contributed by atoms with Gasteiger partial charge in [-0.25, -0.2) is 5.84 Å². The Morgan fingerprint density at radius 3 is 2.57 bits per heavy atom. The van der Waals surface area contributed by atoms with Crippen LogP contribution in [0, 0.1) is 46.3 Å². The molecule has 4 aliphatic rings. The average molecular weight is 422 g/mol. The summed E-state index contributed by atoms with van der Waals surface area (Å²) in [7, 11) is 0. The van der Waals surface area contributed by atoms with Crippen LogP contribution in [0.1, 0.15) is 78.6 Å². The number of amides is 1. The van der Waals surface area contributed by atoms with Crippen LogP contribution < -0.4 is 17.0 Å². The van der Waals surface area contributed by atoms with E-state index in [2.05, 4.69) is 26.2 Å². The maximum atomic E-state index is 11.7. The molecular formula is C24H43N3O3. The predicted molar refractivity (Wildman–Crippen MR) is 117 cm³/mol. The zero-order chi connectivity index (χ0) is 21.8. The maximum absolute atomic E-state index is 11.7. The summed E-state index contributed by atoms with van der Waals surface area (Å²) in [4.78, 5) is 11.7. The predicted octanol–water partition coefficient (Wildman–Crippen LogP) is 2.32. The highest BCUT2D eigenvalue weighted by molar-refractivity contribution is 5.75. The van der Waals surface area contributed by atoms with Crippen molar-refractivity contribution in [1.29, 1.82) is 0 Å². The molecule has 1 amide bonds. The van der Waals surface area contributed by atoms with Gasteiger partial charge in [0.05, 0.1) is 12.2 Å². The molecule has 7 N–H and O–H groups in total. The van der Waals surface area contributed by atoms with E-state index in [1.807, 2.05) is 0 Å². The van der Waals surface area contributed by atoms with E-state index in [0.717, 1.165) is 51.4 Å². The van der Waals surface area contributed by atoms with E-state index >= 15 is 0 Å². The molecule has 0 aromatic heterocycles. The molecule has 4 saturated carbocycles. The number of rotatable bonds is 4. The molecule has 30 heavy (non-hydrogen) atoms. The number of hydrazine groups is 1. The Kier molecular flexibility index (Phi) is 6.02. The Labute approximate surface area is 181 Å². The van der Waals surface area contributed by atoms with Crippen molar-refractivity contribution >= 4 is 5.91 Å². The van der Waals surface area contributed by atoms with Gasteiger partial charge in [0.25, 0.3) is 0 Å². The minimum absolute atomic E-state index is 0.122. The summed E-state index contributed by atoms with van der Waals surface area (Å²) in [5, 5.41) is 22.9. The van der Waals surface area contributed by atoms with Gasteiger partial charge in [-0.3, -0.25) is 10.2 Å². The normalized spacial score (nSPS) is 51.4. The fourth-order valence-corrected chi connectivity index (χ4v) is 8.82. The number of nitrogens with one attached hydrogen (secondary N) is 1. The van der Waals surface area contributed by atoms with Crippen LogP contribution in [0.2, 0.25) is 0 Å². The van der Waals surface area contributed by atoms with Gasteiger partial charge in [0.15, 0.2) is 0 Å². The summed E-state index contributed by atoms with van der Waals surface area (Å²) < 4.78 is 0. The Balaban J connectivity index is 1.58. The molecule has 0 heterocycles. The van der Waals surface area contributed by atoms with Gasteiger partial charge < -0.3 is 15.9 Å². The van der Waals surface area contributed by atoms with Crippen molar-refractivity contribution in [1.82, 2.24) is 5.43 Å². The number of carbonyl (C=O) groups is 1. The third kappa shape index (κ3) is 3.33. The van der Waals surface area contributed by atoms with Crippen LogP contribution in [0.4, 0.5) is 0 Å². The minimum atomic E-state index is -0.347. The third-order valence-electron chi connectivity index (χ3n) is 10.6. The Morgan fingerprint density at radius 2 is 1.87 bits per heavy atom. The monoisotopic (exact) mass is 421 g/mol. The molecule has 0 unspecified atom stereocenters. The number of fused-ring (bicyclic) bond motifs is 5. The van der Waals surface area contributed by atoms with Gasteiger partial charge in [-0.2, -0.15) is 0 Å². The lowest BCUT2D eigenvalue weighted by Gasteiger charge is -2.63. The second-order valence-electron chi connectivity index (χ2n) is 11.7. The van der Waals surface area contributed by atoms with Crippen LogP contribution in [0.15, 0.2) is 0 Å². The number of aliphatic hydroxyl groups excluding tert-OH is 2. The summed E-state index contributed by atoms with van der Waals surface area (Å²) in [5.41, 5.74) is 8.52. The highest BCUT2D eigenvalue weighted by Gasteiger charge is 2.65. The number of carbonyl (C=O) groups excluding carboxylic acids is 1. The summed E-state index contributed by atoms with van der Waals surface area (Å²) in [5.74, 6) is 7.33. The standard InChI is InChI=1S/C24H43N3O3/c1-13(4-7-21(30)27-26)16-5-6-17-22-18(12-20(29)24(16,17)3)23(2)9-8-15(25)10-14(23)11-19(22)28/h13-20,22,28-29H,4-12,25-26H2,1-3H3,(H,27,30)/t13-,14+,15-,16-,17+,18+,19-,20+,22+,23+,24-/m1/s1. The summed E-state index contributed by atoms with van der Waals surface area (Å²) in [6.45, 7) is 6.91. The molecule has 0 aromatic carbocycles. The van der Waals surface area contributed by atoms with Crippen molar-refractivity contribution in [3.8, 4) is 0 Å². The first-order chi connectivity index (χ1) is 14.1. The van der Waals surface area contributed by atoms with E-state index in [9.17, 15) is 15.0 Å². The molecule has 4 aliphatic carbocycles. The molecule has 11 atom stereocenters. The van der Waals surface area contributed by atoms with E-state index < -0.39 is 0 Å². The van der Waals surface area contributed by atoms with E-state index in [1.165, 1.54) is 0 Å². The van der Waals surface area contributed by atoms with Crippen molar-refractivity contribution in [2.45, 2.75) is 96.8 Å². The number of nitrogens with two attached hydrogens (primary N) is 2. The van der Waals surface area contributed by atoms with Gasteiger partial charge in [0.1, 0.15) is 0 Å². The van der Waals surface area contributed by atoms with Gasteiger partial charge in [-0.15, -0.1) is 0 Å². The van der Waals surface area contributed by atoms with Gasteiger partial charge in [0.2, 0.25) is 5.91 Å². The fraction of sp³-hybridized carbons (Fsp3) is 0.958. The zero-order valence-corrected chi connectivity index (χ0v) is 19.0. The smallest absolute Gasteiger partial charge is 0.233 e. The zero-order valence-electron chi connectivity index (χ0n) is 19.0. The van der Waals surface area contributed by atoms with E-state index in [0.29, 0.717) is 36.0 Å². The van der Waals surface area contributed by atoms with E-state index in [-0.39, 0.29) is 40.9 Å². The second kappa shape index (κ2) is 8.02. The third-order valence-corrected chi connectivity index (χ3v) is 10.6. The van der Waals surface area contributed by atoms with Crippen molar-refractivity contribution in [2.75, 3.05) is 0 Å². The molecule has 4 rings (SSSR count). The van der Waals surface area contributed by atoms with E-state index in [1.54, 1.807) is 0 Å². The Morgan fingerprint density at radius 1 is 1.13 bits per heavy atom. The quantitative estimate of drug-likeness (QED) is 0.271. The molecule has 0 aliphatic heterocycles. The van der Waals surface area contributed by atoms with Gasteiger partial charge in [-0.1, -0.05) is 20.8 Å². The number of hydrogen-bond acceptors (Lipinski definition) is 5. The van der Waals surface area contributed by atoms with Crippen molar-refractivity contribution in [3.05, 3.63) is 0 Å². The van der Waals surface area contributed by atoms with Crippen molar-refractivity contribution in [2.24, 2.45) is 57.9 Å². The van der Waals surface area contributed by atoms with Gasteiger partial charge in [-0.05, 0) is 97.7 Å². The lowest BCUT2D eigenvalue weighted by molar-refractivity contribution is -0.202. The summed E-state index contributed by atoms with van der Waals surface area (Å²) >= 11 is 0. The SMILES string of the molecule is C[C@H](CCC(=O)NN)[C@H]1CC[C@H]2[C@@H]3[C@H](O)C[C@@H]4C[C@H](N)CC[C@]4(C)[C@H]3C[C@H](O)[C@]12C. The van der Waals surface area contributed by atoms with Crippen LogP contribution in [0.3, 0.4) is 0 Å². The highest BCUT2D eigenvalue weighted by atomic mass is 16.3. The lowest BCUT2D eigenvalue weighted by Crippen LogP contribution is -2.62. The summed E-state index contributed by atoms with van der Waals surface area (Å²) in [6.07, 6.45) is 7.59. The Bertz CT molecular complexity index is 660. The first-order valence-electron chi connectivity index (χ1n) is 12.2. The average Bonchev–Trinajstić information content (AvgIpc) is 3.06. The fourth-order valence-electron chi connectivity index (χ4n) is 8.82. The minimum Gasteiger partial charge on any atom is -0.393 e. The molecule has 0 spiro atoms. The van der Waals surface area contributed by atoms with Crippen LogP contribution in [-0.4, -0.2) is 34.4 Å². The molecule has 0 saturated heterocycles. The van der Waals surface area contributed by atoms with Crippen LogP contribution in [-0.2, 0) is 4.79 Å². The van der Waals surface area contributed by atoms with Crippen LogP contribution in [0.5, 0.6) is 0 Å². The van der Waals surface area contributed by atoms with Crippen LogP contribution >= 0.6 is 0 Å². The molecule has 172 valence electrons. The van der Waals surface area contributed by atoms with Gasteiger partial charge >= 0.3 is 0 Å². The van der Waals surface area contributed by atoms with Crippen molar-refractivity contribution in [3.63, 3.8) is 0 Å². The number of aliphatic hydroxyl groups is 2. The van der Waals surface area contributed by atoms with Crippen LogP contribution in [0.25, 0.3) is 0 Å². The van der Waals surface area contributed by atoms with Crippen molar-refractivity contribution < 1.29 is 15.0 Å². The summed E-state index contributed by atoms with van der Waals surface area (Å²) in [6, 6.07) is 0.257. The molecule has 6 nitrogen and oxygen atoms in total. The molecule has 0 bridgehead atoms. The highest BCUT2D eigenvalue weighted by Crippen LogP contribution is 2.68. The molecule has 0 aromatic rings. The largest absolute Gasteiger partial charge is 0.393 e. The molecule has 6 heteroatoms. The maximum Gasteiger partial charge on any atom is 0.233 e. The molecule has 0 radical (unpaired) electrons. The lowest BCUT2D eigenvalue weighted by atomic mass is 9.43. The van der Waals surface area contributed by atoms with E-state index in [4.69, 9.17) is 11.6 Å². The first-order valence-corrected chi connectivity index (χ1v) is 12.2. The first kappa shape index (κ1) is 22.5. The molecular weight excluding hydrogens is 378 g/mol. The second-order valence-corrected chi connectivity index (χ2v) is 11.7. The molecule has 4 fully saturated rings. The Hall–Kier alpha value is -0.690. The topological polar surface area (TPSA) is 122 Å². The number of hydrogen-bond donors (Lipinski definition) is 5.